The Morgan fingerprint density at radius 3 is 2.65 bits per heavy atom. The highest BCUT2D eigenvalue weighted by atomic mass is 35.6. The third-order valence-electron chi connectivity index (χ3n) is 2.15. The standard InChI is InChI=1S/C9H5Cl3N4O3S/c10-9(11,12)20-15-8(17)14(5-13-15)6-2-1-3-7(4-6)16(18)19/h1-5H. The molecule has 0 aliphatic rings. The fraction of sp³-hybridized carbons (Fsp3) is 0.111. The first kappa shape index (κ1) is 15.2. The number of rotatable bonds is 3. The van der Waals surface area contributed by atoms with Crippen LogP contribution in [0.1, 0.15) is 0 Å². The molecule has 1 heterocycles. The number of aromatic nitrogens is 3. The van der Waals surface area contributed by atoms with Crippen molar-refractivity contribution in [2.45, 2.75) is 3.12 Å². The minimum atomic E-state index is -1.74. The maximum Gasteiger partial charge on any atom is 0.361 e. The fourth-order valence-electron chi connectivity index (χ4n) is 1.38. The Bertz CT molecular complexity index is 709. The van der Waals surface area contributed by atoms with E-state index in [9.17, 15) is 14.9 Å². The van der Waals surface area contributed by atoms with E-state index in [2.05, 4.69) is 5.10 Å². The first-order chi connectivity index (χ1) is 9.28. The quantitative estimate of drug-likeness (QED) is 0.480. The first-order valence-electron chi connectivity index (χ1n) is 4.96. The van der Waals surface area contributed by atoms with Crippen LogP contribution in [0.3, 0.4) is 0 Å². The summed E-state index contributed by atoms with van der Waals surface area (Å²) in [6, 6.07) is 5.54. The van der Waals surface area contributed by atoms with E-state index in [1.807, 2.05) is 0 Å². The van der Waals surface area contributed by atoms with Crippen LogP contribution in [0.25, 0.3) is 5.69 Å². The van der Waals surface area contributed by atoms with Crippen molar-refractivity contribution in [3.05, 3.63) is 51.2 Å². The fourth-order valence-corrected chi connectivity index (χ4v) is 2.42. The van der Waals surface area contributed by atoms with Crippen LogP contribution in [0.4, 0.5) is 5.69 Å². The van der Waals surface area contributed by atoms with Gasteiger partial charge in [0.15, 0.2) is 0 Å². The van der Waals surface area contributed by atoms with Gasteiger partial charge in [-0.2, -0.15) is 0 Å². The number of alkyl halides is 3. The zero-order valence-corrected chi connectivity index (χ0v) is 12.5. The molecule has 2 aromatic rings. The number of halogens is 3. The summed E-state index contributed by atoms with van der Waals surface area (Å²) in [5.41, 5.74) is -0.446. The van der Waals surface area contributed by atoms with Crippen LogP contribution in [0.15, 0.2) is 35.4 Å². The molecule has 2 rings (SSSR count). The van der Waals surface area contributed by atoms with E-state index < -0.39 is 13.7 Å². The van der Waals surface area contributed by atoms with Gasteiger partial charge >= 0.3 is 5.69 Å². The summed E-state index contributed by atoms with van der Waals surface area (Å²) in [5, 5.41) is 14.5. The molecule has 7 nitrogen and oxygen atoms in total. The van der Waals surface area contributed by atoms with Gasteiger partial charge in [0.25, 0.3) is 8.81 Å². The predicted octanol–water partition coefficient (Wildman–Crippen LogP) is 2.77. The van der Waals surface area contributed by atoms with Gasteiger partial charge in [0, 0.05) is 24.1 Å². The molecule has 1 aromatic carbocycles. The van der Waals surface area contributed by atoms with E-state index in [0.29, 0.717) is 17.6 Å². The van der Waals surface area contributed by atoms with E-state index >= 15 is 0 Å². The molecule has 0 saturated heterocycles. The van der Waals surface area contributed by atoms with Crippen molar-refractivity contribution in [1.82, 2.24) is 13.8 Å². The molecular formula is C9H5Cl3N4O3S. The summed E-state index contributed by atoms with van der Waals surface area (Å²) in [4.78, 5) is 22.2. The first-order valence-corrected chi connectivity index (χ1v) is 6.86. The van der Waals surface area contributed by atoms with Gasteiger partial charge in [-0.1, -0.05) is 40.9 Å². The van der Waals surface area contributed by atoms with E-state index in [1.54, 1.807) is 0 Å². The Morgan fingerprint density at radius 2 is 2.05 bits per heavy atom. The number of non-ortho nitro benzene ring substituents is 1. The summed E-state index contributed by atoms with van der Waals surface area (Å²) in [6.07, 6.45) is 1.19. The monoisotopic (exact) mass is 354 g/mol. The number of hydrogen-bond donors (Lipinski definition) is 0. The molecule has 0 aliphatic heterocycles. The third-order valence-corrected chi connectivity index (χ3v) is 3.40. The van der Waals surface area contributed by atoms with Gasteiger partial charge in [-0.25, -0.2) is 9.36 Å². The Balaban J connectivity index is 2.42. The normalized spacial score (nSPS) is 11.6. The van der Waals surface area contributed by atoms with Gasteiger partial charge < -0.3 is 0 Å². The zero-order chi connectivity index (χ0) is 14.9. The lowest BCUT2D eigenvalue weighted by atomic mass is 10.3. The van der Waals surface area contributed by atoms with E-state index in [1.165, 1.54) is 30.6 Å². The van der Waals surface area contributed by atoms with Gasteiger partial charge in [0.1, 0.15) is 6.33 Å². The topological polar surface area (TPSA) is 83.0 Å². The molecule has 0 unspecified atom stereocenters. The highest BCUT2D eigenvalue weighted by Crippen LogP contribution is 2.38. The van der Waals surface area contributed by atoms with Crippen molar-refractivity contribution >= 4 is 52.4 Å². The lowest BCUT2D eigenvalue weighted by Gasteiger charge is -2.07. The number of benzene rings is 1. The molecule has 0 saturated carbocycles. The van der Waals surface area contributed by atoms with Gasteiger partial charge in [0.2, 0.25) is 0 Å². The Morgan fingerprint density at radius 1 is 1.35 bits per heavy atom. The summed E-state index contributed by atoms with van der Waals surface area (Å²) in [6.45, 7) is 0. The molecular weight excluding hydrogens is 351 g/mol. The average molecular weight is 356 g/mol. The Hall–Kier alpha value is -1.22. The minimum absolute atomic E-state index is 0.142. The van der Waals surface area contributed by atoms with Crippen molar-refractivity contribution in [3.8, 4) is 5.69 Å². The van der Waals surface area contributed by atoms with Crippen LogP contribution in [0.2, 0.25) is 0 Å². The van der Waals surface area contributed by atoms with Gasteiger partial charge in [-0.05, 0) is 6.07 Å². The van der Waals surface area contributed by atoms with Crippen molar-refractivity contribution in [2.24, 2.45) is 0 Å². The van der Waals surface area contributed by atoms with E-state index in [4.69, 9.17) is 34.8 Å². The number of hydrogen-bond acceptors (Lipinski definition) is 5. The van der Waals surface area contributed by atoms with Crippen molar-refractivity contribution < 1.29 is 4.92 Å². The summed E-state index contributed by atoms with van der Waals surface area (Å²) in [5.74, 6) is 0. The molecule has 0 spiro atoms. The average Bonchev–Trinajstić information content (AvgIpc) is 2.69. The third kappa shape index (κ3) is 3.45. The van der Waals surface area contributed by atoms with Crippen LogP contribution in [-0.2, 0) is 0 Å². The summed E-state index contributed by atoms with van der Waals surface area (Å²) < 4.78 is 0.244. The van der Waals surface area contributed by atoms with Gasteiger partial charge in [0.05, 0.1) is 10.6 Å². The van der Waals surface area contributed by atoms with Crippen LogP contribution < -0.4 is 5.69 Å². The molecule has 0 fully saturated rings. The van der Waals surface area contributed by atoms with Crippen LogP contribution in [-0.4, -0.2) is 21.8 Å². The molecule has 0 radical (unpaired) electrons. The molecule has 106 valence electrons. The molecule has 1 aromatic heterocycles. The van der Waals surface area contributed by atoms with Gasteiger partial charge in [-0.3, -0.25) is 10.1 Å². The number of nitro benzene ring substituents is 1. The lowest BCUT2D eigenvalue weighted by Crippen LogP contribution is -2.22. The SMILES string of the molecule is O=c1n(-c2cccc([N+](=O)[O-])c2)cnn1SC(Cl)(Cl)Cl. The highest BCUT2D eigenvalue weighted by Gasteiger charge is 2.24. The molecule has 0 bridgehead atoms. The van der Waals surface area contributed by atoms with Crippen molar-refractivity contribution in [1.29, 1.82) is 0 Å². The Labute approximate surface area is 131 Å². The number of nitrogens with zero attached hydrogens (tertiary/aromatic N) is 4. The summed E-state index contributed by atoms with van der Waals surface area (Å²) >= 11 is 17.3. The van der Waals surface area contributed by atoms with E-state index in [-0.39, 0.29) is 5.69 Å². The molecule has 20 heavy (non-hydrogen) atoms. The van der Waals surface area contributed by atoms with Crippen LogP contribution in [0, 0.1) is 10.1 Å². The number of nitro groups is 1. The smallest absolute Gasteiger partial charge is 0.258 e. The maximum atomic E-state index is 12.0. The summed E-state index contributed by atoms with van der Waals surface area (Å²) in [7, 11) is 0. The second-order valence-corrected chi connectivity index (χ2v) is 7.56. The van der Waals surface area contributed by atoms with E-state index in [0.717, 1.165) is 8.65 Å². The largest absolute Gasteiger partial charge is 0.361 e. The molecule has 11 heteroatoms. The molecule has 0 aliphatic carbocycles. The Kier molecular flexibility index (Phi) is 4.28. The lowest BCUT2D eigenvalue weighted by molar-refractivity contribution is -0.384. The molecule has 0 atom stereocenters. The highest BCUT2D eigenvalue weighted by molar-refractivity contribution is 8.03. The molecule has 0 amide bonds. The second kappa shape index (κ2) is 5.65. The van der Waals surface area contributed by atoms with Crippen molar-refractivity contribution in [2.75, 3.05) is 0 Å². The molecule has 0 N–H and O–H groups in total. The van der Waals surface area contributed by atoms with Crippen molar-refractivity contribution in [3.63, 3.8) is 0 Å². The zero-order valence-electron chi connectivity index (χ0n) is 9.44. The van der Waals surface area contributed by atoms with Crippen LogP contribution in [0.5, 0.6) is 0 Å². The van der Waals surface area contributed by atoms with Crippen LogP contribution >= 0.6 is 46.8 Å². The predicted molar refractivity (Wildman–Crippen MR) is 77.8 cm³/mol. The minimum Gasteiger partial charge on any atom is -0.258 e. The maximum absolute atomic E-state index is 12.0. The second-order valence-electron chi connectivity index (χ2n) is 3.47. The van der Waals surface area contributed by atoms with Gasteiger partial charge in [-0.15, -0.1) is 9.19 Å².